The fraction of sp³-hybridized carbons (Fsp3) is 0.250. The molecule has 1 heterocycles. The number of esters is 1. The molecule has 7 nitrogen and oxygen atoms in total. The molecule has 9 heteroatoms. The van der Waals surface area contributed by atoms with E-state index in [0.717, 1.165) is 8.27 Å². The van der Waals surface area contributed by atoms with E-state index in [1.165, 1.54) is 18.4 Å². The van der Waals surface area contributed by atoms with E-state index in [2.05, 4.69) is 27.6 Å². The average Bonchev–Trinajstić information content (AvgIpc) is 3.03. The van der Waals surface area contributed by atoms with E-state index >= 15 is 0 Å². The predicted octanol–water partition coefficient (Wildman–Crippen LogP) is 3.63. The number of hydrogen-bond acceptors (Lipinski definition) is 6. The molecule has 152 valence electrons. The van der Waals surface area contributed by atoms with Crippen LogP contribution in [0.4, 0.5) is 0 Å². The van der Waals surface area contributed by atoms with E-state index in [1.54, 1.807) is 42.9 Å². The number of fused-ring (bicyclic) bond motifs is 1. The number of carbonyl (C=O) groups excluding carboxylic acids is 2. The van der Waals surface area contributed by atoms with Gasteiger partial charge >= 0.3 is 5.97 Å². The normalized spacial score (nSPS) is 11.5. The number of benzene rings is 2. The zero-order valence-corrected chi connectivity index (χ0v) is 19.1. The molecule has 0 aliphatic heterocycles. The summed E-state index contributed by atoms with van der Waals surface area (Å²) in [6, 6.07) is 10.8. The molecule has 3 aromatic rings. The summed E-state index contributed by atoms with van der Waals surface area (Å²) in [7, 11) is 3.09. The molecule has 0 aliphatic carbocycles. The van der Waals surface area contributed by atoms with Crippen LogP contribution in [-0.4, -0.2) is 37.3 Å². The van der Waals surface area contributed by atoms with Crippen molar-refractivity contribution in [2.75, 3.05) is 20.8 Å². The van der Waals surface area contributed by atoms with Crippen LogP contribution in [0.3, 0.4) is 0 Å². The number of amides is 1. The molecule has 0 unspecified atom stereocenters. The molecule has 0 bridgehead atoms. The molecule has 0 aliphatic rings. The summed E-state index contributed by atoms with van der Waals surface area (Å²) in [6.07, 6.45) is 0. The molecule has 1 aromatic heterocycles. The number of carbonyl (C=O) groups is 2. The number of aromatic nitrogens is 1. The third-order valence-electron chi connectivity index (χ3n) is 4.08. The first-order valence-corrected chi connectivity index (χ1v) is 10.6. The van der Waals surface area contributed by atoms with E-state index in [-0.39, 0.29) is 19.1 Å². The molecule has 0 atom stereocenters. The standard InChI is InChI=1S/C20H19IN2O5S/c1-4-28-18(24)11-23-14-9-15(26-2)16(27-3)10-17(14)29-20(23)22-19(25)12-7-5-6-8-13(12)21/h5-10H,4,11H2,1-3H3. The number of halogens is 1. The Morgan fingerprint density at radius 2 is 1.83 bits per heavy atom. The molecule has 0 radical (unpaired) electrons. The maximum absolute atomic E-state index is 12.8. The lowest BCUT2D eigenvalue weighted by Crippen LogP contribution is -2.23. The van der Waals surface area contributed by atoms with Gasteiger partial charge in [0.15, 0.2) is 16.3 Å². The van der Waals surface area contributed by atoms with Crippen molar-refractivity contribution >= 4 is 56.0 Å². The number of thiazole rings is 1. The third kappa shape index (κ3) is 4.61. The summed E-state index contributed by atoms with van der Waals surface area (Å²) in [5.74, 6) is 0.286. The van der Waals surface area contributed by atoms with Crippen LogP contribution in [0.25, 0.3) is 10.2 Å². The Hall–Kier alpha value is -2.40. The fourth-order valence-corrected chi connectivity index (χ4v) is 4.41. The predicted molar refractivity (Wildman–Crippen MR) is 119 cm³/mol. The summed E-state index contributed by atoms with van der Waals surface area (Å²) in [4.78, 5) is 29.6. The quantitative estimate of drug-likeness (QED) is 0.362. The Labute approximate surface area is 185 Å². The Kier molecular flexibility index (Phi) is 6.91. The average molecular weight is 526 g/mol. The second-order valence-electron chi connectivity index (χ2n) is 5.85. The largest absolute Gasteiger partial charge is 0.493 e. The lowest BCUT2D eigenvalue weighted by atomic mass is 10.2. The van der Waals surface area contributed by atoms with Gasteiger partial charge in [-0.3, -0.25) is 9.59 Å². The topological polar surface area (TPSA) is 79.1 Å². The molecule has 0 saturated carbocycles. The Morgan fingerprint density at radius 3 is 2.48 bits per heavy atom. The number of ether oxygens (including phenoxy) is 3. The van der Waals surface area contributed by atoms with Gasteiger partial charge in [-0.15, -0.1) is 0 Å². The maximum atomic E-state index is 12.8. The van der Waals surface area contributed by atoms with E-state index < -0.39 is 5.97 Å². The minimum absolute atomic E-state index is 0.0681. The van der Waals surface area contributed by atoms with Crippen LogP contribution in [0, 0.1) is 3.57 Å². The Bertz CT molecular complexity index is 1140. The third-order valence-corrected chi connectivity index (χ3v) is 6.06. The summed E-state index contributed by atoms with van der Waals surface area (Å²) < 4.78 is 19.1. The number of rotatable bonds is 6. The molecule has 29 heavy (non-hydrogen) atoms. The van der Waals surface area contributed by atoms with Gasteiger partial charge in [0.2, 0.25) is 0 Å². The van der Waals surface area contributed by atoms with Crippen LogP contribution in [0.5, 0.6) is 11.5 Å². The zero-order chi connectivity index (χ0) is 21.0. The number of nitrogens with zero attached hydrogens (tertiary/aromatic N) is 2. The molecular formula is C20H19IN2O5S. The van der Waals surface area contributed by atoms with Crippen LogP contribution in [0.1, 0.15) is 17.3 Å². The van der Waals surface area contributed by atoms with Crippen LogP contribution < -0.4 is 14.3 Å². The van der Waals surface area contributed by atoms with Crippen molar-refractivity contribution in [3.8, 4) is 11.5 Å². The van der Waals surface area contributed by atoms with Crippen LogP contribution in [0.15, 0.2) is 41.4 Å². The number of methoxy groups -OCH3 is 2. The van der Waals surface area contributed by atoms with Crippen LogP contribution >= 0.6 is 33.9 Å². The summed E-state index contributed by atoms with van der Waals surface area (Å²) in [5.41, 5.74) is 1.21. The van der Waals surface area contributed by atoms with Crippen molar-refractivity contribution in [3.63, 3.8) is 0 Å². The fourth-order valence-electron chi connectivity index (χ4n) is 2.75. The highest BCUT2D eigenvalue weighted by atomic mass is 127. The highest BCUT2D eigenvalue weighted by Crippen LogP contribution is 2.33. The molecule has 0 fully saturated rings. The molecule has 2 aromatic carbocycles. The van der Waals surface area contributed by atoms with Crippen molar-refractivity contribution in [2.45, 2.75) is 13.5 Å². The van der Waals surface area contributed by atoms with Gasteiger partial charge in [0, 0.05) is 15.7 Å². The Morgan fingerprint density at radius 1 is 1.14 bits per heavy atom. The van der Waals surface area contributed by atoms with Gasteiger partial charge in [-0.25, -0.2) is 0 Å². The van der Waals surface area contributed by atoms with Gasteiger partial charge in [-0.05, 0) is 41.6 Å². The van der Waals surface area contributed by atoms with E-state index in [4.69, 9.17) is 14.2 Å². The molecule has 0 saturated heterocycles. The monoisotopic (exact) mass is 526 g/mol. The molecular weight excluding hydrogens is 507 g/mol. The maximum Gasteiger partial charge on any atom is 0.326 e. The second kappa shape index (κ2) is 9.40. The second-order valence-corrected chi connectivity index (χ2v) is 8.02. The Balaban J connectivity index is 2.20. The lowest BCUT2D eigenvalue weighted by Gasteiger charge is -2.09. The molecule has 1 amide bonds. The van der Waals surface area contributed by atoms with Crippen molar-refractivity contribution in [3.05, 3.63) is 50.3 Å². The minimum atomic E-state index is -0.412. The van der Waals surface area contributed by atoms with Gasteiger partial charge in [-0.2, -0.15) is 4.99 Å². The molecule has 3 rings (SSSR count). The summed E-state index contributed by atoms with van der Waals surface area (Å²) >= 11 is 3.39. The number of hydrogen-bond donors (Lipinski definition) is 0. The van der Waals surface area contributed by atoms with Gasteiger partial charge in [0.25, 0.3) is 5.91 Å². The lowest BCUT2D eigenvalue weighted by molar-refractivity contribution is -0.143. The first-order valence-electron chi connectivity index (χ1n) is 8.73. The van der Waals surface area contributed by atoms with E-state index in [1.807, 2.05) is 12.1 Å². The van der Waals surface area contributed by atoms with Crippen molar-refractivity contribution < 1.29 is 23.8 Å². The highest BCUT2D eigenvalue weighted by molar-refractivity contribution is 14.1. The van der Waals surface area contributed by atoms with Crippen molar-refractivity contribution in [1.29, 1.82) is 0 Å². The van der Waals surface area contributed by atoms with Gasteiger partial charge in [0.1, 0.15) is 6.54 Å². The van der Waals surface area contributed by atoms with Crippen LogP contribution in [0.2, 0.25) is 0 Å². The SMILES string of the molecule is CCOC(=O)Cn1c(=NC(=O)c2ccccc2I)sc2cc(OC)c(OC)cc21. The van der Waals surface area contributed by atoms with Crippen molar-refractivity contribution in [2.24, 2.45) is 4.99 Å². The summed E-state index contributed by atoms with van der Waals surface area (Å²) in [5, 5.41) is 0. The van der Waals surface area contributed by atoms with Gasteiger partial charge in [0.05, 0.1) is 36.6 Å². The molecule has 0 spiro atoms. The molecule has 0 N–H and O–H groups in total. The summed E-state index contributed by atoms with van der Waals surface area (Å²) in [6.45, 7) is 1.95. The van der Waals surface area contributed by atoms with Gasteiger partial charge < -0.3 is 18.8 Å². The van der Waals surface area contributed by atoms with E-state index in [9.17, 15) is 9.59 Å². The van der Waals surface area contributed by atoms with E-state index in [0.29, 0.717) is 27.4 Å². The first kappa shape index (κ1) is 21.3. The first-order chi connectivity index (χ1) is 14.0. The smallest absolute Gasteiger partial charge is 0.326 e. The minimum Gasteiger partial charge on any atom is -0.493 e. The zero-order valence-electron chi connectivity index (χ0n) is 16.1. The van der Waals surface area contributed by atoms with Crippen molar-refractivity contribution in [1.82, 2.24) is 4.57 Å². The van der Waals surface area contributed by atoms with Crippen LogP contribution in [-0.2, 0) is 16.1 Å². The highest BCUT2D eigenvalue weighted by Gasteiger charge is 2.16. The van der Waals surface area contributed by atoms with Gasteiger partial charge in [-0.1, -0.05) is 23.5 Å².